The van der Waals surface area contributed by atoms with Gasteiger partial charge < -0.3 is 5.32 Å². The first kappa shape index (κ1) is 13.9. The molecule has 22 heavy (non-hydrogen) atoms. The summed E-state index contributed by atoms with van der Waals surface area (Å²) in [5.74, 6) is -0.675. The van der Waals surface area contributed by atoms with Gasteiger partial charge in [-0.3, -0.25) is 4.79 Å². The molecule has 0 spiro atoms. The smallest absolute Gasteiger partial charge is 0.253 e. The molecule has 0 fully saturated rings. The highest BCUT2D eigenvalue weighted by atomic mass is 19.1. The number of halogens is 1. The van der Waals surface area contributed by atoms with Crippen molar-refractivity contribution in [3.8, 4) is 5.69 Å². The summed E-state index contributed by atoms with van der Waals surface area (Å²) in [5, 5.41) is 13.6. The van der Waals surface area contributed by atoms with Gasteiger partial charge in [0.15, 0.2) is 0 Å². The van der Waals surface area contributed by atoms with E-state index in [1.807, 2.05) is 0 Å². The minimum Gasteiger partial charge on any atom is -0.348 e. The zero-order valence-corrected chi connectivity index (χ0v) is 11.5. The minimum absolute atomic E-state index is 0.107. The summed E-state index contributed by atoms with van der Waals surface area (Å²) in [6.45, 7) is 0.107. The lowest BCUT2D eigenvalue weighted by molar-refractivity contribution is 0.0950. The number of carbonyl (C=O) groups is 1. The monoisotopic (exact) mass is 297 g/mol. The number of benzene rings is 2. The van der Waals surface area contributed by atoms with Crippen molar-refractivity contribution < 1.29 is 9.18 Å². The van der Waals surface area contributed by atoms with Crippen molar-refractivity contribution in [2.45, 2.75) is 6.54 Å². The largest absolute Gasteiger partial charge is 0.348 e. The zero-order valence-electron chi connectivity index (χ0n) is 11.5. The van der Waals surface area contributed by atoms with Crippen molar-refractivity contribution in [2.24, 2.45) is 0 Å². The predicted octanol–water partition coefficient (Wildman–Crippen LogP) is 1.73. The number of nitrogens with one attached hydrogen (secondary N) is 1. The number of rotatable bonds is 4. The number of amides is 1. The third-order valence-corrected chi connectivity index (χ3v) is 3.14. The van der Waals surface area contributed by atoms with Crippen LogP contribution in [0.4, 0.5) is 4.39 Å². The van der Waals surface area contributed by atoms with Crippen LogP contribution in [-0.2, 0) is 6.54 Å². The molecule has 0 aliphatic rings. The Morgan fingerprint density at radius 1 is 1.14 bits per heavy atom. The quantitative estimate of drug-likeness (QED) is 0.796. The van der Waals surface area contributed by atoms with Gasteiger partial charge in [0.05, 0.1) is 11.3 Å². The maximum atomic E-state index is 13.6. The van der Waals surface area contributed by atoms with E-state index in [1.165, 1.54) is 17.1 Å². The van der Waals surface area contributed by atoms with E-state index < -0.39 is 0 Å². The van der Waals surface area contributed by atoms with Crippen LogP contribution >= 0.6 is 0 Å². The molecular formula is C15H12FN5O. The molecule has 110 valence electrons. The molecule has 1 N–H and O–H groups in total. The fraction of sp³-hybridized carbons (Fsp3) is 0.0667. The van der Waals surface area contributed by atoms with Crippen molar-refractivity contribution in [2.75, 3.05) is 0 Å². The van der Waals surface area contributed by atoms with Crippen LogP contribution in [0.5, 0.6) is 0 Å². The highest BCUT2D eigenvalue weighted by Crippen LogP contribution is 2.13. The number of nitrogens with zero attached hydrogens (tertiary/aromatic N) is 4. The van der Waals surface area contributed by atoms with E-state index in [0.717, 1.165) is 0 Å². The molecule has 6 nitrogen and oxygen atoms in total. The van der Waals surface area contributed by atoms with Gasteiger partial charge in [-0.25, -0.2) is 4.39 Å². The Bertz CT molecular complexity index is 788. The lowest BCUT2D eigenvalue weighted by atomic mass is 10.1. The second-order valence-electron chi connectivity index (χ2n) is 4.55. The first-order chi connectivity index (χ1) is 10.8. The molecule has 0 radical (unpaired) electrons. The molecule has 0 bridgehead atoms. The molecule has 1 heterocycles. The van der Waals surface area contributed by atoms with E-state index in [4.69, 9.17) is 0 Å². The Morgan fingerprint density at radius 3 is 2.68 bits per heavy atom. The van der Waals surface area contributed by atoms with E-state index in [2.05, 4.69) is 20.8 Å². The van der Waals surface area contributed by atoms with Crippen molar-refractivity contribution >= 4 is 5.91 Å². The maximum absolute atomic E-state index is 13.6. The molecule has 3 rings (SSSR count). The summed E-state index contributed by atoms with van der Waals surface area (Å²) >= 11 is 0. The van der Waals surface area contributed by atoms with Crippen LogP contribution in [0.3, 0.4) is 0 Å². The van der Waals surface area contributed by atoms with Gasteiger partial charge in [-0.2, -0.15) is 4.68 Å². The van der Waals surface area contributed by atoms with Crippen LogP contribution in [0.15, 0.2) is 54.9 Å². The Labute approximate surface area is 125 Å². The highest BCUT2D eigenvalue weighted by molar-refractivity contribution is 5.97. The van der Waals surface area contributed by atoms with Gasteiger partial charge in [-0.05, 0) is 28.6 Å². The van der Waals surface area contributed by atoms with Crippen molar-refractivity contribution in [3.05, 3.63) is 71.8 Å². The Hall–Kier alpha value is -3.09. The van der Waals surface area contributed by atoms with Gasteiger partial charge in [0.1, 0.15) is 12.1 Å². The van der Waals surface area contributed by atoms with E-state index >= 15 is 0 Å². The summed E-state index contributed by atoms with van der Waals surface area (Å²) in [4.78, 5) is 12.3. The van der Waals surface area contributed by atoms with Crippen LogP contribution in [-0.4, -0.2) is 26.1 Å². The van der Waals surface area contributed by atoms with Crippen LogP contribution in [0.2, 0.25) is 0 Å². The molecule has 2 aromatic carbocycles. The first-order valence-electron chi connectivity index (χ1n) is 6.59. The summed E-state index contributed by atoms with van der Waals surface area (Å²) in [6.07, 6.45) is 1.41. The Balaban J connectivity index is 1.80. The number of hydrogen-bond donors (Lipinski definition) is 1. The number of hydrogen-bond acceptors (Lipinski definition) is 4. The van der Waals surface area contributed by atoms with E-state index in [9.17, 15) is 9.18 Å². The zero-order chi connectivity index (χ0) is 15.4. The third kappa shape index (κ3) is 2.83. The molecule has 1 aromatic heterocycles. The SMILES string of the molecule is O=C(NCc1ccccc1F)c1ccccc1-n1cnnn1. The molecule has 3 aromatic rings. The van der Waals surface area contributed by atoms with Gasteiger partial charge >= 0.3 is 0 Å². The number of tetrazole rings is 1. The van der Waals surface area contributed by atoms with Crippen LogP contribution in [0, 0.1) is 5.82 Å². The average molecular weight is 297 g/mol. The molecule has 7 heteroatoms. The van der Waals surface area contributed by atoms with Gasteiger partial charge in [-0.15, -0.1) is 5.10 Å². The number of para-hydroxylation sites is 1. The molecule has 1 amide bonds. The molecular weight excluding hydrogens is 285 g/mol. The second kappa shape index (κ2) is 6.13. The van der Waals surface area contributed by atoms with Gasteiger partial charge in [0.2, 0.25) is 0 Å². The lowest BCUT2D eigenvalue weighted by Gasteiger charge is -2.09. The van der Waals surface area contributed by atoms with E-state index in [-0.39, 0.29) is 18.3 Å². The van der Waals surface area contributed by atoms with Crippen LogP contribution in [0.1, 0.15) is 15.9 Å². The Kier molecular flexibility index (Phi) is 3.86. The fourth-order valence-electron chi connectivity index (χ4n) is 2.05. The lowest BCUT2D eigenvalue weighted by Crippen LogP contribution is -2.24. The normalized spacial score (nSPS) is 10.4. The van der Waals surface area contributed by atoms with Crippen molar-refractivity contribution in [1.29, 1.82) is 0 Å². The summed E-state index contributed by atoms with van der Waals surface area (Å²) in [6, 6.07) is 13.2. The summed E-state index contributed by atoms with van der Waals surface area (Å²) in [5.41, 5.74) is 1.39. The summed E-state index contributed by atoms with van der Waals surface area (Å²) < 4.78 is 15.0. The molecule has 0 aliphatic heterocycles. The minimum atomic E-state index is -0.350. The average Bonchev–Trinajstić information content (AvgIpc) is 3.08. The molecule has 0 saturated heterocycles. The second-order valence-corrected chi connectivity index (χ2v) is 4.55. The maximum Gasteiger partial charge on any atom is 0.253 e. The van der Waals surface area contributed by atoms with Crippen LogP contribution < -0.4 is 5.32 Å². The van der Waals surface area contributed by atoms with E-state index in [0.29, 0.717) is 16.8 Å². The first-order valence-corrected chi connectivity index (χ1v) is 6.59. The number of carbonyl (C=O) groups excluding carboxylic acids is 1. The van der Waals surface area contributed by atoms with E-state index in [1.54, 1.807) is 42.5 Å². The number of aromatic nitrogens is 4. The topological polar surface area (TPSA) is 72.7 Å². The van der Waals surface area contributed by atoms with Gasteiger partial charge in [0.25, 0.3) is 5.91 Å². The third-order valence-electron chi connectivity index (χ3n) is 3.14. The van der Waals surface area contributed by atoms with Crippen LogP contribution in [0.25, 0.3) is 5.69 Å². The highest BCUT2D eigenvalue weighted by Gasteiger charge is 2.13. The predicted molar refractivity (Wildman–Crippen MR) is 76.7 cm³/mol. The Morgan fingerprint density at radius 2 is 1.91 bits per heavy atom. The molecule has 0 unspecified atom stereocenters. The summed E-state index contributed by atoms with van der Waals surface area (Å²) in [7, 11) is 0. The van der Waals surface area contributed by atoms with Crippen molar-refractivity contribution in [1.82, 2.24) is 25.5 Å². The van der Waals surface area contributed by atoms with Crippen molar-refractivity contribution in [3.63, 3.8) is 0 Å². The van der Waals surface area contributed by atoms with Gasteiger partial charge in [0, 0.05) is 12.1 Å². The van der Waals surface area contributed by atoms with Gasteiger partial charge in [-0.1, -0.05) is 30.3 Å². The molecule has 0 saturated carbocycles. The fourth-order valence-corrected chi connectivity index (χ4v) is 2.05. The molecule has 0 aliphatic carbocycles. The molecule has 0 atom stereocenters. The standard InChI is InChI=1S/C15H12FN5O/c16-13-7-3-1-5-11(13)9-17-15(22)12-6-2-4-8-14(12)21-10-18-19-20-21/h1-8,10H,9H2,(H,17,22).